The first-order chi connectivity index (χ1) is 8.65. The number of rotatable bonds is 9. The number of hydrogen-bond donors (Lipinski definition) is 2. The lowest BCUT2D eigenvalue weighted by Crippen LogP contribution is -2.30. The van der Waals surface area contributed by atoms with Gasteiger partial charge in [0, 0.05) is 30.7 Å². The second kappa shape index (κ2) is 8.34. The standard InChI is InChI=1S/C11H19F2N3OS/c1-2-3-14-11-15-6-9(18-11)7-16(4-5-17)8-10(12)13/h6,10,17H,2-5,7-8H2,1H3,(H,14,15). The zero-order chi connectivity index (χ0) is 13.4. The van der Waals surface area contributed by atoms with Crippen LogP contribution < -0.4 is 5.32 Å². The second-order valence-electron chi connectivity index (χ2n) is 3.91. The summed E-state index contributed by atoms with van der Waals surface area (Å²) in [6.45, 7) is 3.12. The van der Waals surface area contributed by atoms with E-state index in [4.69, 9.17) is 5.11 Å². The van der Waals surface area contributed by atoms with Crippen LogP contribution in [0.4, 0.5) is 13.9 Å². The molecule has 1 heterocycles. The molecule has 0 aliphatic heterocycles. The van der Waals surface area contributed by atoms with Gasteiger partial charge in [0.05, 0.1) is 13.2 Å². The summed E-state index contributed by atoms with van der Waals surface area (Å²) in [4.78, 5) is 6.63. The molecule has 0 amide bonds. The third kappa shape index (κ3) is 5.70. The molecule has 0 saturated carbocycles. The Morgan fingerprint density at radius 2 is 2.33 bits per heavy atom. The van der Waals surface area contributed by atoms with Crippen LogP contribution in [0.5, 0.6) is 0 Å². The van der Waals surface area contributed by atoms with Crippen molar-refractivity contribution in [1.82, 2.24) is 9.88 Å². The average Bonchev–Trinajstić information content (AvgIpc) is 2.73. The highest BCUT2D eigenvalue weighted by atomic mass is 32.1. The molecule has 0 aliphatic rings. The lowest BCUT2D eigenvalue weighted by atomic mass is 10.4. The van der Waals surface area contributed by atoms with E-state index < -0.39 is 6.43 Å². The summed E-state index contributed by atoms with van der Waals surface area (Å²) >= 11 is 1.46. The van der Waals surface area contributed by atoms with E-state index in [2.05, 4.69) is 17.2 Å². The molecule has 2 N–H and O–H groups in total. The van der Waals surface area contributed by atoms with E-state index in [1.54, 1.807) is 6.20 Å². The third-order valence-electron chi connectivity index (χ3n) is 2.27. The summed E-state index contributed by atoms with van der Waals surface area (Å²) in [5.74, 6) is 0. The number of nitrogens with zero attached hydrogens (tertiary/aromatic N) is 2. The Labute approximate surface area is 110 Å². The minimum absolute atomic E-state index is 0.119. The minimum atomic E-state index is -2.39. The summed E-state index contributed by atoms with van der Waals surface area (Å²) in [5, 5.41) is 12.8. The minimum Gasteiger partial charge on any atom is -0.395 e. The first-order valence-electron chi connectivity index (χ1n) is 5.95. The number of aliphatic hydroxyl groups excluding tert-OH is 1. The van der Waals surface area contributed by atoms with Crippen LogP contribution >= 0.6 is 11.3 Å². The van der Waals surface area contributed by atoms with Crippen LogP contribution in [-0.4, -0.2) is 47.7 Å². The first kappa shape index (κ1) is 15.3. The highest BCUT2D eigenvalue weighted by Gasteiger charge is 2.13. The van der Waals surface area contributed by atoms with Gasteiger partial charge in [0.1, 0.15) is 0 Å². The number of alkyl halides is 2. The Kier molecular flexibility index (Phi) is 7.07. The van der Waals surface area contributed by atoms with E-state index >= 15 is 0 Å². The van der Waals surface area contributed by atoms with Crippen molar-refractivity contribution in [2.24, 2.45) is 0 Å². The number of aliphatic hydroxyl groups is 1. The van der Waals surface area contributed by atoms with Crippen molar-refractivity contribution in [2.75, 3.05) is 31.6 Å². The fourth-order valence-corrected chi connectivity index (χ4v) is 2.37. The van der Waals surface area contributed by atoms with Gasteiger partial charge in [0.2, 0.25) is 0 Å². The highest BCUT2D eigenvalue weighted by molar-refractivity contribution is 7.15. The van der Waals surface area contributed by atoms with E-state index in [1.807, 2.05) is 0 Å². The van der Waals surface area contributed by atoms with Gasteiger partial charge in [-0.3, -0.25) is 4.90 Å². The lowest BCUT2D eigenvalue weighted by Gasteiger charge is -2.19. The molecule has 18 heavy (non-hydrogen) atoms. The van der Waals surface area contributed by atoms with Gasteiger partial charge in [-0.1, -0.05) is 6.92 Å². The fraction of sp³-hybridized carbons (Fsp3) is 0.727. The molecule has 1 aromatic heterocycles. The summed E-state index contributed by atoms with van der Waals surface area (Å²) in [6.07, 6.45) is 0.317. The van der Waals surface area contributed by atoms with E-state index in [0.29, 0.717) is 6.54 Å². The van der Waals surface area contributed by atoms with Crippen molar-refractivity contribution in [3.05, 3.63) is 11.1 Å². The van der Waals surface area contributed by atoms with Gasteiger partial charge < -0.3 is 10.4 Å². The van der Waals surface area contributed by atoms with Gasteiger partial charge >= 0.3 is 0 Å². The topological polar surface area (TPSA) is 48.4 Å². The molecule has 0 aromatic carbocycles. The second-order valence-corrected chi connectivity index (χ2v) is 5.02. The number of thiazole rings is 1. The molecule has 0 unspecified atom stereocenters. The van der Waals surface area contributed by atoms with Crippen LogP contribution in [0, 0.1) is 0 Å². The van der Waals surface area contributed by atoms with E-state index in [1.165, 1.54) is 16.2 Å². The van der Waals surface area contributed by atoms with Crippen LogP contribution in [0.3, 0.4) is 0 Å². The van der Waals surface area contributed by atoms with Gasteiger partial charge in [0.25, 0.3) is 6.43 Å². The molecule has 104 valence electrons. The molecule has 0 fully saturated rings. The maximum Gasteiger partial charge on any atom is 0.251 e. The average molecular weight is 279 g/mol. The lowest BCUT2D eigenvalue weighted by molar-refractivity contribution is 0.0751. The Morgan fingerprint density at radius 3 is 2.94 bits per heavy atom. The van der Waals surface area contributed by atoms with E-state index in [0.717, 1.165) is 23.0 Å². The monoisotopic (exact) mass is 279 g/mol. The Bertz CT molecular complexity index is 336. The Morgan fingerprint density at radius 1 is 1.56 bits per heavy atom. The molecular weight excluding hydrogens is 260 g/mol. The molecule has 0 atom stereocenters. The molecule has 0 saturated heterocycles. The molecule has 4 nitrogen and oxygen atoms in total. The van der Waals surface area contributed by atoms with E-state index in [9.17, 15) is 8.78 Å². The maximum absolute atomic E-state index is 12.3. The third-order valence-corrected chi connectivity index (χ3v) is 3.21. The Balaban J connectivity index is 2.49. The van der Waals surface area contributed by atoms with Gasteiger partial charge in [-0.15, -0.1) is 11.3 Å². The van der Waals surface area contributed by atoms with Crippen LogP contribution in [0.25, 0.3) is 0 Å². The molecule has 0 aliphatic carbocycles. The molecule has 0 radical (unpaired) electrons. The number of nitrogens with one attached hydrogen (secondary N) is 1. The SMILES string of the molecule is CCCNc1ncc(CN(CCO)CC(F)F)s1. The largest absolute Gasteiger partial charge is 0.395 e. The molecule has 1 aromatic rings. The summed E-state index contributed by atoms with van der Waals surface area (Å²) < 4.78 is 24.7. The van der Waals surface area contributed by atoms with Crippen molar-refractivity contribution in [1.29, 1.82) is 0 Å². The van der Waals surface area contributed by atoms with Crippen LogP contribution in [0.15, 0.2) is 6.20 Å². The van der Waals surface area contributed by atoms with Gasteiger partial charge in [-0.05, 0) is 6.42 Å². The van der Waals surface area contributed by atoms with Crippen molar-refractivity contribution >= 4 is 16.5 Å². The van der Waals surface area contributed by atoms with Gasteiger partial charge in [0.15, 0.2) is 5.13 Å². The predicted molar refractivity (Wildman–Crippen MR) is 69.3 cm³/mol. The van der Waals surface area contributed by atoms with Crippen LogP contribution in [0.1, 0.15) is 18.2 Å². The smallest absolute Gasteiger partial charge is 0.251 e. The first-order valence-corrected chi connectivity index (χ1v) is 6.77. The molecule has 7 heteroatoms. The van der Waals surface area contributed by atoms with Crippen molar-refractivity contribution in [3.8, 4) is 0 Å². The van der Waals surface area contributed by atoms with Crippen LogP contribution in [-0.2, 0) is 6.54 Å². The number of anilines is 1. The zero-order valence-corrected chi connectivity index (χ0v) is 11.2. The number of halogens is 2. The summed E-state index contributed by atoms with van der Waals surface area (Å²) in [5.41, 5.74) is 0. The van der Waals surface area contributed by atoms with Crippen molar-refractivity contribution in [3.63, 3.8) is 0 Å². The zero-order valence-electron chi connectivity index (χ0n) is 10.4. The molecule has 0 bridgehead atoms. The maximum atomic E-state index is 12.3. The van der Waals surface area contributed by atoms with Gasteiger partial charge in [-0.2, -0.15) is 0 Å². The van der Waals surface area contributed by atoms with Crippen molar-refractivity contribution < 1.29 is 13.9 Å². The fourth-order valence-electron chi connectivity index (χ4n) is 1.49. The summed E-state index contributed by atoms with van der Waals surface area (Å²) in [7, 11) is 0. The van der Waals surface area contributed by atoms with E-state index in [-0.39, 0.29) is 19.7 Å². The van der Waals surface area contributed by atoms with Gasteiger partial charge in [-0.25, -0.2) is 13.8 Å². The van der Waals surface area contributed by atoms with Crippen LogP contribution in [0.2, 0.25) is 0 Å². The quantitative estimate of drug-likeness (QED) is 0.726. The molecule has 0 spiro atoms. The number of aromatic nitrogens is 1. The normalized spacial score (nSPS) is 11.4. The number of hydrogen-bond acceptors (Lipinski definition) is 5. The Hall–Kier alpha value is -0.790. The summed E-state index contributed by atoms with van der Waals surface area (Å²) in [6, 6.07) is 0. The van der Waals surface area contributed by atoms with Crippen molar-refractivity contribution in [2.45, 2.75) is 26.3 Å². The predicted octanol–water partition coefficient (Wildman–Crippen LogP) is 2.02. The molecular formula is C11H19F2N3OS. The highest BCUT2D eigenvalue weighted by Crippen LogP contribution is 2.19. The molecule has 1 rings (SSSR count).